The molecule has 0 radical (unpaired) electrons. The standard InChI is InChI=1S/C50H50BClFNO9/c1-56-43-22-15-38(16-23-43)29-58-33-49(34-59-30-39-17-24-44(57-2)25-18-39)47(62-51-54)46(60-31-36-9-5-3-6-10-36)48(61-32-37-11-7-4-8-12-37)50(55,63-49)41-19-26-45(53)40(28-41)27-35-13-20-42(52)21-14-35/h3-26,28,46-48,54-55H,27,29-34H2,1-2H3/t46-,47-,48?,50?/m0/s1. The third-order valence-corrected chi connectivity index (χ3v) is 11.2. The van der Waals surface area contributed by atoms with E-state index in [0.717, 1.165) is 35.1 Å². The molecule has 1 fully saturated rings. The summed E-state index contributed by atoms with van der Waals surface area (Å²) >= 11 is 6.18. The van der Waals surface area contributed by atoms with Crippen molar-refractivity contribution in [2.24, 2.45) is 0 Å². The van der Waals surface area contributed by atoms with Gasteiger partial charge >= 0.3 is 358 Å². The first-order chi connectivity index (χ1) is 30.7. The molecule has 2 unspecified atom stereocenters. The summed E-state index contributed by atoms with van der Waals surface area (Å²) in [5, 5.41) is 22.4. The summed E-state index contributed by atoms with van der Waals surface area (Å²) in [4.78, 5) is 0. The van der Waals surface area contributed by atoms with E-state index < -0.39 is 35.5 Å². The predicted molar refractivity (Wildman–Crippen MR) is 237 cm³/mol. The van der Waals surface area contributed by atoms with Gasteiger partial charge in [0.05, 0.1) is 0 Å². The van der Waals surface area contributed by atoms with E-state index in [1.165, 1.54) is 12.1 Å². The molecular weight excluding hydrogens is 824 g/mol. The normalized spacial score (nSPS) is 19.2. The summed E-state index contributed by atoms with van der Waals surface area (Å²) in [6, 6.07) is 45.4. The number of halogens is 2. The minimum atomic E-state index is -2.35. The molecule has 6 aromatic rings. The van der Waals surface area contributed by atoms with Gasteiger partial charge < -0.3 is 0 Å². The minimum absolute atomic E-state index is 0.0352. The molecule has 7 rings (SSSR count). The van der Waals surface area contributed by atoms with Gasteiger partial charge in [-0.25, -0.2) is 0 Å². The molecule has 1 heterocycles. The quantitative estimate of drug-likeness (QED) is 0.0683. The van der Waals surface area contributed by atoms with Crippen LogP contribution in [0.5, 0.6) is 11.5 Å². The van der Waals surface area contributed by atoms with Gasteiger partial charge in [-0.1, -0.05) is 11.6 Å². The Morgan fingerprint density at radius 1 is 0.635 bits per heavy atom. The van der Waals surface area contributed by atoms with Crippen LogP contribution in [0.25, 0.3) is 0 Å². The Hall–Kier alpha value is -5.44. The van der Waals surface area contributed by atoms with E-state index in [-0.39, 0.29) is 51.6 Å². The van der Waals surface area contributed by atoms with Gasteiger partial charge in [0.1, 0.15) is 0 Å². The van der Waals surface area contributed by atoms with Crippen LogP contribution in [0.2, 0.25) is 5.02 Å². The maximum absolute atomic E-state index is 15.8. The van der Waals surface area contributed by atoms with Crippen LogP contribution in [0.3, 0.4) is 0 Å². The first-order valence-electron chi connectivity index (χ1n) is 20.5. The molecule has 0 aliphatic carbocycles. The zero-order valence-electron chi connectivity index (χ0n) is 35.2. The second-order valence-electron chi connectivity index (χ2n) is 15.3. The molecule has 0 saturated carbocycles. The summed E-state index contributed by atoms with van der Waals surface area (Å²) in [6.07, 6.45) is -3.44. The van der Waals surface area contributed by atoms with E-state index >= 15 is 4.39 Å². The molecule has 63 heavy (non-hydrogen) atoms. The fraction of sp³-hybridized carbons (Fsp3) is 0.280. The summed E-state index contributed by atoms with van der Waals surface area (Å²) in [6.45, 7) is -0.0439. The first-order valence-corrected chi connectivity index (χ1v) is 20.9. The third-order valence-electron chi connectivity index (χ3n) is 10.9. The van der Waals surface area contributed by atoms with Crippen molar-refractivity contribution in [3.8, 4) is 11.5 Å². The molecule has 10 nitrogen and oxygen atoms in total. The SMILES string of the molecule is COc1ccc(COCC2(COCc3ccc(OC)cc3)OC(O)(c3ccc(F)c(Cc4ccc(Cl)cc4)c3)C(OCc3ccccc3)[C@@H](OCc3ccccc3)[C@@H]2OB=N)cc1. The molecule has 0 aromatic heterocycles. The van der Waals surface area contributed by atoms with Crippen molar-refractivity contribution >= 4 is 18.9 Å². The van der Waals surface area contributed by atoms with Crippen LogP contribution in [-0.2, 0) is 67.0 Å². The number of nitrogens with one attached hydrogen (secondary N) is 1. The van der Waals surface area contributed by atoms with Gasteiger partial charge in [0.25, 0.3) is 0 Å². The van der Waals surface area contributed by atoms with Crippen LogP contribution in [0.1, 0.15) is 38.9 Å². The number of aliphatic hydroxyl groups is 1. The summed E-state index contributed by atoms with van der Waals surface area (Å²) in [7, 11) is 4.01. The van der Waals surface area contributed by atoms with Crippen LogP contribution in [0, 0.1) is 11.1 Å². The van der Waals surface area contributed by atoms with E-state index in [2.05, 4.69) is 0 Å². The molecule has 0 spiro atoms. The van der Waals surface area contributed by atoms with Gasteiger partial charge in [-0.15, -0.1) is 0 Å². The van der Waals surface area contributed by atoms with E-state index in [0.29, 0.717) is 22.1 Å². The van der Waals surface area contributed by atoms with E-state index in [1.54, 1.807) is 32.4 Å². The molecule has 1 aliphatic rings. The van der Waals surface area contributed by atoms with Crippen molar-refractivity contribution in [3.63, 3.8) is 0 Å². The molecule has 6 aromatic carbocycles. The second kappa shape index (κ2) is 21.8. The predicted octanol–water partition coefficient (Wildman–Crippen LogP) is 9.37. The van der Waals surface area contributed by atoms with Gasteiger partial charge in [0, 0.05) is 5.02 Å². The Morgan fingerprint density at radius 2 is 1.14 bits per heavy atom. The number of hydrogen-bond donors (Lipinski definition) is 2. The fourth-order valence-corrected chi connectivity index (χ4v) is 7.79. The topological polar surface area (TPSA) is 118 Å². The average molecular weight is 874 g/mol. The maximum atomic E-state index is 15.8. The molecule has 0 bridgehead atoms. The van der Waals surface area contributed by atoms with Gasteiger partial charge in [-0.3, -0.25) is 0 Å². The molecular formula is C50H50BClFNO9. The zero-order chi connectivity index (χ0) is 44.1. The van der Waals surface area contributed by atoms with Crippen molar-refractivity contribution in [1.82, 2.24) is 0 Å². The van der Waals surface area contributed by atoms with Crippen LogP contribution in [0.15, 0.2) is 152 Å². The van der Waals surface area contributed by atoms with Gasteiger partial charge in [0.2, 0.25) is 0 Å². The molecule has 13 heteroatoms. The summed E-state index contributed by atoms with van der Waals surface area (Å²) in [5.74, 6) is -1.45. The number of hydrogen-bond acceptors (Lipinski definition) is 10. The van der Waals surface area contributed by atoms with E-state index in [1.807, 2.05) is 121 Å². The van der Waals surface area contributed by atoms with Crippen LogP contribution in [0.4, 0.5) is 4.39 Å². The van der Waals surface area contributed by atoms with Crippen LogP contribution < -0.4 is 9.47 Å². The van der Waals surface area contributed by atoms with E-state index in [4.69, 9.17) is 54.7 Å². The Labute approximate surface area is 373 Å². The number of methoxy groups -OCH3 is 2. The van der Waals surface area contributed by atoms with Crippen molar-refractivity contribution in [1.29, 1.82) is 5.31 Å². The Morgan fingerprint density at radius 3 is 1.67 bits per heavy atom. The van der Waals surface area contributed by atoms with E-state index in [9.17, 15) is 5.11 Å². The van der Waals surface area contributed by atoms with Crippen molar-refractivity contribution in [2.75, 3.05) is 27.4 Å². The number of ether oxygens (including phenoxy) is 7. The molecule has 1 saturated heterocycles. The third kappa shape index (κ3) is 11.6. The second-order valence-corrected chi connectivity index (χ2v) is 15.7. The monoisotopic (exact) mass is 873 g/mol. The van der Waals surface area contributed by atoms with Crippen molar-refractivity contribution < 1.29 is 47.3 Å². The Kier molecular flexibility index (Phi) is 15.8. The van der Waals surface area contributed by atoms with Gasteiger partial charge in [0.15, 0.2) is 0 Å². The summed E-state index contributed by atoms with van der Waals surface area (Å²) in [5.41, 5.74) is 2.94. The van der Waals surface area contributed by atoms with Gasteiger partial charge in [-0.2, -0.15) is 0 Å². The van der Waals surface area contributed by atoms with Crippen molar-refractivity contribution in [2.45, 2.75) is 62.5 Å². The number of benzene rings is 6. The van der Waals surface area contributed by atoms with Crippen LogP contribution in [-0.4, -0.2) is 63.7 Å². The Bertz CT molecular complexity index is 2290. The summed E-state index contributed by atoms with van der Waals surface area (Å²) < 4.78 is 66.4. The molecule has 4 atom stereocenters. The molecule has 2 N–H and O–H groups in total. The average Bonchev–Trinajstić information content (AvgIpc) is 3.31. The number of rotatable bonds is 21. The van der Waals surface area contributed by atoms with Crippen molar-refractivity contribution in [3.05, 3.63) is 201 Å². The zero-order valence-corrected chi connectivity index (χ0v) is 35.9. The van der Waals surface area contributed by atoms with Crippen LogP contribution >= 0.6 is 11.6 Å². The van der Waals surface area contributed by atoms with Gasteiger partial charge in [-0.05, 0) is 0 Å². The Balaban J connectivity index is 1.34. The molecule has 0 amide bonds. The molecule has 326 valence electrons. The molecule has 1 aliphatic heterocycles. The first kappa shape index (κ1) is 45.6. The fourth-order valence-electron chi connectivity index (χ4n) is 7.66.